The summed E-state index contributed by atoms with van der Waals surface area (Å²) in [6, 6.07) is 38.6. The van der Waals surface area contributed by atoms with Crippen molar-refractivity contribution in [2.75, 3.05) is 0 Å². The number of hydrogen-bond donors (Lipinski definition) is 0. The Balaban J connectivity index is 0.923. The van der Waals surface area contributed by atoms with Crippen LogP contribution in [0.25, 0.3) is 50.2 Å². The summed E-state index contributed by atoms with van der Waals surface area (Å²) in [5.74, 6) is 0.850. The van der Waals surface area contributed by atoms with E-state index in [1.54, 1.807) is 0 Å². The molecule has 5 aliphatic carbocycles. The largest absolute Gasteiger partial charge is 0.0617 e. The van der Waals surface area contributed by atoms with Crippen molar-refractivity contribution in [1.29, 1.82) is 0 Å². The molecule has 0 bridgehead atoms. The maximum absolute atomic E-state index is 2.42. The van der Waals surface area contributed by atoms with Gasteiger partial charge in [-0.15, -0.1) is 0 Å². The van der Waals surface area contributed by atoms with Crippen LogP contribution < -0.4 is 0 Å². The van der Waals surface area contributed by atoms with E-state index in [4.69, 9.17) is 0 Å². The van der Waals surface area contributed by atoms with Gasteiger partial charge in [0.05, 0.1) is 0 Å². The summed E-state index contributed by atoms with van der Waals surface area (Å²) in [4.78, 5) is 0. The topological polar surface area (TPSA) is 0 Å². The van der Waals surface area contributed by atoms with Crippen molar-refractivity contribution in [1.82, 2.24) is 0 Å². The Bertz CT molecular complexity index is 2490. The summed E-state index contributed by atoms with van der Waals surface area (Å²) in [5.41, 5.74) is 18.7. The molecule has 49 heavy (non-hydrogen) atoms. The predicted molar refractivity (Wildman–Crippen MR) is 207 cm³/mol. The second-order valence-corrected chi connectivity index (χ2v) is 14.6. The Morgan fingerprint density at radius 2 is 1.10 bits per heavy atom. The van der Waals surface area contributed by atoms with Gasteiger partial charge >= 0.3 is 0 Å². The number of benzene rings is 5. The van der Waals surface area contributed by atoms with E-state index in [-0.39, 0.29) is 5.41 Å². The standard InChI is InChI=1S/C49H36/c1-49(2)45-29-40(23-26-43(45)44-27-24-41(30-46(44)49)39-21-16-32-6-3-4-7-38(32)28-39)33-13-10-31(11-14-33)12-15-34-17-18-37-20-19-35-8-5-9-36-22-25-42(34)48(37)47(35)36/h3-30,47-48H,1-2H3/b15-12+. The summed E-state index contributed by atoms with van der Waals surface area (Å²) >= 11 is 0. The average molecular weight is 625 g/mol. The van der Waals surface area contributed by atoms with Crippen molar-refractivity contribution in [2.45, 2.75) is 19.3 Å². The van der Waals surface area contributed by atoms with Gasteiger partial charge in [-0.3, -0.25) is 0 Å². The number of allylic oxidation sites excluding steroid dienone is 15. The second kappa shape index (κ2) is 10.6. The Labute approximate surface area is 288 Å². The first-order chi connectivity index (χ1) is 24.0. The lowest BCUT2D eigenvalue weighted by Crippen LogP contribution is -2.29. The van der Waals surface area contributed by atoms with Crippen molar-refractivity contribution in [2.24, 2.45) is 11.8 Å². The number of rotatable bonds is 4. The summed E-state index contributed by atoms with van der Waals surface area (Å²) in [6.45, 7) is 4.75. The molecule has 232 valence electrons. The van der Waals surface area contributed by atoms with E-state index in [2.05, 4.69) is 184 Å². The quantitative estimate of drug-likeness (QED) is 0.187. The Hall–Kier alpha value is -5.72. The van der Waals surface area contributed by atoms with Crippen molar-refractivity contribution in [3.8, 4) is 33.4 Å². The summed E-state index contributed by atoms with van der Waals surface area (Å²) in [7, 11) is 0. The van der Waals surface area contributed by atoms with Crippen LogP contribution in [0.3, 0.4) is 0 Å². The van der Waals surface area contributed by atoms with Gasteiger partial charge in [0.2, 0.25) is 0 Å². The second-order valence-electron chi connectivity index (χ2n) is 14.6. The normalized spacial score (nSPS) is 20.6. The van der Waals surface area contributed by atoms with Crippen LogP contribution in [0.1, 0.15) is 30.5 Å². The van der Waals surface area contributed by atoms with Crippen molar-refractivity contribution >= 4 is 16.8 Å². The van der Waals surface area contributed by atoms with E-state index in [9.17, 15) is 0 Å². The molecule has 0 amide bonds. The predicted octanol–water partition coefficient (Wildman–Crippen LogP) is 12.5. The van der Waals surface area contributed by atoms with Gasteiger partial charge in [0.25, 0.3) is 0 Å². The molecule has 0 fully saturated rings. The maximum atomic E-state index is 2.42. The highest BCUT2D eigenvalue weighted by Crippen LogP contribution is 2.51. The van der Waals surface area contributed by atoms with Gasteiger partial charge in [-0.2, -0.15) is 0 Å². The molecule has 5 aromatic rings. The van der Waals surface area contributed by atoms with Crippen LogP contribution >= 0.6 is 0 Å². The molecule has 0 heteroatoms. The minimum absolute atomic E-state index is 0.0827. The minimum atomic E-state index is -0.0827. The zero-order valence-corrected chi connectivity index (χ0v) is 27.8. The van der Waals surface area contributed by atoms with Gasteiger partial charge in [0, 0.05) is 17.3 Å². The van der Waals surface area contributed by atoms with E-state index in [1.807, 2.05) is 0 Å². The first-order valence-electron chi connectivity index (χ1n) is 17.5. The van der Waals surface area contributed by atoms with E-state index in [0.29, 0.717) is 11.8 Å². The van der Waals surface area contributed by atoms with E-state index in [0.717, 1.165) is 0 Å². The lowest BCUT2D eigenvalue weighted by atomic mass is 9.63. The average Bonchev–Trinajstić information content (AvgIpc) is 3.38. The molecule has 0 aliphatic heterocycles. The highest BCUT2D eigenvalue weighted by atomic mass is 14.4. The molecule has 10 rings (SSSR count). The van der Waals surface area contributed by atoms with Crippen LogP contribution in [0.4, 0.5) is 0 Å². The van der Waals surface area contributed by atoms with Gasteiger partial charge in [-0.1, -0.05) is 166 Å². The molecular weight excluding hydrogens is 589 g/mol. The zero-order chi connectivity index (χ0) is 32.7. The van der Waals surface area contributed by atoms with Crippen LogP contribution in [0, 0.1) is 11.8 Å². The van der Waals surface area contributed by atoms with Gasteiger partial charge in [0.1, 0.15) is 0 Å². The Morgan fingerprint density at radius 3 is 1.88 bits per heavy atom. The third-order valence-electron chi connectivity index (χ3n) is 11.5. The maximum Gasteiger partial charge on any atom is 0.0205 e. The highest BCUT2D eigenvalue weighted by Gasteiger charge is 2.38. The Morgan fingerprint density at radius 1 is 0.490 bits per heavy atom. The van der Waals surface area contributed by atoms with E-state index < -0.39 is 0 Å². The third-order valence-corrected chi connectivity index (χ3v) is 11.5. The molecule has 2 atom stereocenters. The van der Waals surface area contributed by atoms with Crippen molar-refractivity contribution in [3.05, 3.63) is 208 Å². The summed E-state index contributed by atoms with van der Waals surface area (Å²) in [6.07, 6.45) is 25.2. The molecule has 5 aromatic carbocycles. The van der Waals surface area contributed by atoms with E-state index >= 15 is 0 Å². The summed E-state index contributed by atoms with van der Waals surface area (Å²) < 4.78 is 0. The van der Waals surface area contributed by atoms with Gasteiger partial charge < -0.3 is 0 Å². The smallest absolute Gasteiger partial charge is 0.0205 e. The molecule has 0 nitrogen and oxygen atoms in total. The molecule has 0 spiro atoms. The molecule has 0 saturated carbocycles. The zero-order valence-electron chi connectivity index (χ0n) is 27.8. The Kier molecular flexibility index (Phi) is 6.15. The van der Waals surface area contributed by atoms with Crippen LogP contribution in [-0.4, -0.2) is 0 Å². The summed E-state index contributed by atoms with van der Waals surface area (Å²) in [5, 5.41) is 2.56. The van der Waals surface area contributed by atoms with Gasteiger partial charge in [-0.25, -0.2) is 0 Å². The molecular formula is C49H36. The third kappa shape index (κ3) is 4.44. The molecule has 0 saturated heterocycles. The fraction of sp³-hybridized carbons (Fsp3) is 0.102. The fourth-order valence-corrected chi connectivity index (χ4v) is 8.82. The highest BCUT2D eigenvalue weighted by molar-refractivity contribution is 5.90. The SMILES string of the molecule is CC1(C)c2cc(-c3ccc(/C=C/C4=C5C=CC6=CC=CC7=CC=C(C=C4)C5C67)cc3)ccc2-c2ccc(-c3ccc4ccccc4c3)cc21. The molecule has 0 aromatic heterocycles. The molecule has 0 radical (unpaired) electrons. The van der Waals surface area contributed by atoms with Crippen molar-refractivity contribution in [3.63, 3.8) is 0 Å². The number of hydrogen-bond acceptors (Lipinski definition) is 0. The first-order valence-corrected chi connectivity index (χ1v) is 17.5. The molecule has 0 heterocycles. The first kappa shape index (κ1) is 28.3. The van der Waals surface area contributed by atoms with Gasteiger partial charge in [0.15, 0.2) is 0 Å². The van der Waals surface area contributed by atoms with E-state index in [1.165, 1.54) is 88.7 Å². The lowest BCUT2D eigenvalue weighted by molar-refractivity contribution is 0.561. The van der Waals surface area contributed by atoms with Gasteiger partial charge in [-0.05, 0) is 107 Å². The van der Waals surface area contributed by atoms with Crippen LogP contribution in [-0.2, 0) is 5.41 Å². The minimum Gasteiger partial charge on any atom is -0.0617 e. The molecule has 2 unspecified atom stereocenters. The molecule has 0 N–H and O–H groups in total. The van der Waals surface area contributed by atoms with Crippen molar-refractivity contribution < 1.29 is 0 Å². The monoisotopic (exact) mass is 624 g/mol. The van der Waals surface area contributed by atoms with Crippen LogP contribution in [0.2, 0.25) is 0 Å². The number of fused-ring (bicyclic) bond motifs is 4. The van der Waals surface area contributed by atoms with Crippen LogP contribution in [0.15, 0.2) is 192 Å². The fourth-order valence-electron chi connectivity index (χ4n) is 8.82. The van der Waals surface area contributed by atoms with Crippen LogP contribution in [0.5, 0.6) is 0 Å². The lowest BCUT2D eigenvalue weighted by Gasteiger charge is -2.40. The molecule has 5 aliphatic rings.